The molecule has 24 heavy (non-hydrogen) atoms. The second-order valence-corrected chi connectivity index (χ2v) is 6.55. The summed E-state index contributed by atoms with van der Waals surface area (Å²) in [6.07, 6.45) is 11.3. The minimum absolute atomic E-state index is 0.0845. The maximum atomic E-state index is 12.0. The molecule has 1 aromatic carbocycles. The van der Waals surface area contributed by atoms with Gasteiger partial charge >= 0.3 is 5.97 Å². The number of unbranched alkanes of at least 4 members (excludes halogenated alkanes) is 5. The lowest BCUT2D eigenvalue weighted by Gasteiger charge is -2.16. The van der Waals surface area contributed by atoms with Crippen molar-refractivity contribution in [1.82, 2.24) is 4.98 Å². The molecule has 1 N–H and O–H groups in total. The molecular weight excluding hydrogens is 298 g/mol. The van der Waals surface area contributed by atoms with Crippen molar-refractivity contribution in [2.45, 2.75) is 71.1 Å². The Morgan fingerprint density at radius 2 is 1.83 bits per heavy atom. The van der Waals surface area contributed by atoms with Crippen LogP contribution >= 0.6 is 0 Å². The van der Waals surface area contributed by atoms with Crippen molar-refractivity contribution in [1.29, 1.82) is 0 Å². The predicted molar refractivity (Wildman–Crippen MR) is 100 cm³/mol. The zero-order valence-electron chi connectivity index (χ0n) is 15.1. The Hall–Kier alpha value is -1.77. The Kier molecular flexibility index (Phi) is 7.87. The van der Waals surface area contributed by atoms with Crippen LogP contribution in [0.1, 0.15) is 76.7 Å². The van der Waals surface area contributed by atoms with Crippen LogP contribution in [0.3, 0.4) is 0 Å². The van der Waals surface area contributed by atoms with Crippen LogP contribution in [0.5, 0.6) is 0 Å². The first kappa shape index (κ1) is 18.6. The van der Waals surface area contributed by atoms with Crippen molar-refractivity contribution < 1.29 is 9.53 Å². The minimum atomic E-state index is -0.0845. The number of hydrogen-bond donors (Lipinski definition) is 1. The smallest absolute Gasteiger partial charge is 0.306 e. The number of carbonyl (C=O) groups excluding carboxylic acids is 1. The molecule has 0 saturated carbocycles. The summed E-state index contributed by atoms with van der Waals surface area (Å²) in [4.78, 5) is 15.4. The van der Waals surface area contributed by atoms with E-state index >= 15 is 0 Å². The molecule has 0 radical (unpaired) electrons. The van der Waals surface area contributed by atoms with Gasteiger partial charge in [-0.2, -0.15) is 0 Å². The van der Waals surface area contributed by atoms with Crippen molar-refractivity contribution in [3.05, 3.63) is 36.0 Å². The number of para-hydroxylation sites is 1. The summed E-state index contributed by atoms with van der Waals surface area (Å²) in [5.74, 6) is 0.158. The first-order valence-corrected chi connectivity index (χ1v) is 9.47. The molecule has 1 atom stereocenters. The van der Waals surface area contributed by atoms with Crippen LogP contribution in [-0.4, -0.2) is 17.6 Å². The summed E-state index contributed by atoms with van der Waals surface area (Å²) in [5, 5.41) is 1.23. The van der Waals surface area contributed by atoms with Gasteiger partial charge in [0.1, 0.15) is 0 Å². The van der Waals surface area contributed by atoms with Gasteiger partial charge in [-0.3, -0.25) is 4.79 Å². The summed E-state index contributed by atoms with van der Waals surface area (Å²) >= 11 is 0. The van der Waals surface area contributed by atoms with E-state index in [2.05, 4.69) is 36.3 Å². The second-order valence-electron chi connectivity index (χ2n) is 6.55. The van der Waals surface area contributed by atoms with Gasteiger partial charge in [0, 0.05) is 17.1 Å². The SMILES string of the molecule is CCCCCCCCC(CC(=O)OCC)c1c[nH]c2ccccc12. The highest BCUT2D eigenvalue weighted by molar-refractivity contribution is 5.84. The maximum Gasteiger partial charge on any atom is 0.306 e. The molecule has 0 saturated heterocycles. The van der Waals surface area contributed by atoms with Gasteiger partial charge in [-0.25, -0.2) is 0 Å². The molecule has 3 nitrogen and oxygen atoms in total. The number of hydrogen-bond acceptors (Lipinski definition) is 2. The number of carbonyl (C=O) groups is 1. The molecule has 1 heterocycles. The van der Waals surface area contributed by atoms with E-state index in [4.69, 9.17) is 4.74 Å². The number of aromatic nitrogens is 1. The van der Waals surface area contributed by atoms with Gasteiger partial charge < -0.3 is 9.72 Å². The summed E-state index contributed by atoms with van der Waals surface area (Å²) in [5.41, 5.74) is 2.40. The first-order valence-electron chi connectivity index (χ1n) is 9.47. The summed E-state index contributed by atoms with van der Waals surface area (Å²) in [6.45, 7) is 4.56. The topological polar surface area (TPSA) is 42.1 Å². The first-order chi connectivity index (χ1) is 11.8. The van der Waals surface area contributed by atoms with Crippen LogP contribution in [0.2, 0.25) is 0 Å². The normalized spacial score (nSPS) is 12.4. The van der Waals surface area contributed by atoms with Gasteiger partial charge in [-0.1, -0.05) is 63.6 Å². The molecule has 0 amide bonds. The van der Waals surface area contributed by atoms with E-state index in [0.29, 0.717) is 13.0 Å². The van der Waals surface area contributed by atoms with Crippen molar-refractivity contribution in [2.75, 3.05) is 6.61 Å². The third-order valence-corrected chi connectivity index (χ3v) is 4.69. The number of rotatable bonds is 11. The average Bonchev–Trinajstić information content (AvgIpc) is 3.01. The number of nitrogens with one attached hydrogen (secondary N) is 1. The Morgan fingerprint density at radius 1 is 1.08 bits per heavy atom. The Morgan fingerprint density at radius 3 is 2.62 bits per heavy atom. The van der Waals surface area contributed by atoms with Gasteiger partial charge in [0.25, 0.3) is 0 Å². The fourth-order valence-electron chi connectivity index (χ4n) is 3.39. The quantitative estimate of drug-likeness (QED) is 0.408. The lowest BCUT2D eigenvalue weighted by molar-refractivity contribution is -0.143. The number of benzene rings is 1. The molecule has 1 aromatic heterocycles. The molecular formula is C21H31NO2. The van der Waals surface area contributed by atoms with Gasteiger partial charge in [0.2, 0.25) is 0 Å². The van der Waals surface area contributed by atoms with E-state index < -0.39 is 0 Å². The third-order valence-electron chi connectivity index (χ3n) is 4.69. The number of esters is 1. The molecule has 0 aliphatic carbocycles. The largest absolute Gasteiger partial charge is 0.466 e. The van der Waals surface area contributed by atoms with Crippen molar-refractivity contribution >= 4 is 16.9 Å². The molecule has 2 rings (SSSR count). The van der Waals surface area contributed by atoms with Crippen LogP contribution in [0.25, 0.3) is 10.9 Å². The zero-order chi connectivity index (χ0) is 17.2. The summed E-state index contributed by atoms with van der Waals surface area (Å²) < 4.78 is 5.19. The molecule has 1 unspecified atom stereocenters. The second kappa shape index (κ2) is 10.2. The zero-order valence-corrected chi connectivity index (χ0v) is 15.1. The minimum Gasteiger partial charge on any atom is -0.466 e. The fourth-order valence-corrected chi connectivity index (χ4v) is 3.39. The van der Waals surface area contributed by atoms with Gasteiger partial charge in [0.15, 0.2) is 0 Å². The summed E-state index contributed by atoms with van der Waals surface area (Å²) in [7, 11) is 0. The monoisotopic (exact) mass is 329 g/mol. The van der Waals surface area contributed by atoms with Crippen LogP contribution < -0.4 is 0 Å². The number of H-pyrrole nitrogens is 1. The van der Waals surface area contributed by atoms with Crippen molar-refractivity contribution in [3.63, 3.8) is 0 Å². The van der Waals surface area contributed by atoms with Gasteiger partial charge in [0.05, 0.1) is 13.0 Å². The highest BCUT2D eigenvalue weighted by Crippen LogP contribution is 2.32. The number of fused-ring (bicyclic) bond motifs is 1. The Balaban J connectivity index is 2.01. The average molecular weight is 329 g/mol. The lowest BCUT2D eigenvalue weighted by atomic mass is 9.90. The molecule has 0 fully saturated rings. The van der Waals surface area contributed by atoms with Gasteiger partial charge in [-0.15, -0.1) is 0 Å². The highest BCUT2D eigenvalue weighted by atomic mass is 16.5. The van der Waals surface area contributed by atoms with E-state index in [9.17, 15) is 4.79 Å². The van der Waals surface area contributed by atoms with Crippen molar-refractivity contribution in [2.24, 2.45) is 0 Å². The van der Waals surface area contributed by atoms with Crippen LogP contribution in [0.15, 0.2) is 30.5 Å². The molecule has 3 heteroatoms. The molecule has 2 aromatic rings. The molecule has 132 valence electrons. The summed E-state index contributed by atoms with van der Waals surface area (Å²) in [6, 6.07) is 8.33. The maximum absolute atomic E-state index is 12.0. The van der Waals surface area contributed by atoms with E-state index in [-0.39, 0.29) is 11.9 Å². The number of ether oxygens (including phenoxy) is 1. The number of aromatic amines is 1. The van der Waals surface area contributed by atoms with Crippen LogP contribution in [0.4, 0.5) is 0 Å². The lowest BCUT2D eigenvalue weighted by Crippen LogP contribution is -2.10. The van der Waals surface area contributed by atoms with E-state index in [1.807, 2.05) is 13.0 Å². The fraction of sp³-hybridized carbons (Fsp3) is 0.571. The van der Waals surface area contributed by atoms with Gasteiger partial charge in [-0.05, 0) is 30.9 Å². The Labute approximate surface area is 145 Å². The molecule has 0 bridgehead atoms. The third kappa shape index (κ3) is 5.40. The van der Waals surface area contributed by atoms with Crippen molar-refractivity contribution in [3.8, 4) is 0 Å². The van der Waals surface area contributed by atoms with E-state index in [1.165, 1.54) is 49.5 Å². The molecule has 0 spiro atoms. The Bertz CT molecular complexity index is 617. The molecule has 0 aliphatic rings. The standard InChI is InChI=1S/C21H31NO2/c1-3-5-6-7-8-9-12-17(15-21(23)24-4-2)19-16-22-20-14-11-10-13-18(19)20/h10-11,13-14,16-17,22H,3-9,12,15H2,1-2H3. The predicted octanol–water partition coefficient (Wildman–Crippen LogP) is 5.96. The highest BCUT2D eigenvalue weighted by Gasteiger charge is 2.19. The van der Waals surface area contributed by atoms with E-state index in [1.54, 1.807) is 0 Å². The van der Waals surface area contributed by atoms with Crippen LogP contribution in [-0.2, 0) is 9.53 Å². The van der Waals surface area contributed by atoms with E-state index in [0.717, 1.165) is 11.9 Å². The molecule has 0 aliphatic heterocycles. The van der Waals surface area contributed by atoms with Crippen LogP contribution in [0, 0.1) is 0 Å².